The first kappa shape index (κ1) is 18.4. The van der Waals surface area contributed by atoms with Crippen LogP contribution in [0.5, 0.6) is 0 Å². The molecular weight excluding hydrogens is 315 g/mol. The van der Waals surface area contributed by atoms with Crippen LogP contribution in [0.4, 0.5) is 4.39 Å². The number of aliphatic carboxylic acids is 1. The summed E-state index contributed by atoms with van der Waals surface area (Å²) in [5.41, 5.74) is -0.458. The number of hydrogen-bond acceptors (Lipinski definition) is 4. The molecule has 132 valence electrons. The number of carboxylic acids is 1. The normalized spacial score (nSPS) is 27.2. The monoisotopic (exact) mass is 338 g/mol. The average Bonchev–Trinajstić information content (AvgIpc) is 2.87. The molecular formula is C17H23FN2O4. The quantitative estimate of drug-likeness (QED) is 0.724. The van der Waals surface area contributed by atoms with E-state index in [0.717, 1.165) is 0 Å². The highest BCUT2D eigenvalue weighted by Crippen LogP contribution is 2.47. The van der Waals surface area contributed by atoms with E-state index in [9.17, 15) is 19.1 Å². The molecule has 3 atom stereocenters. The van der Waals surface area contributed by atoms with Crippen LogP contribution in [-0.4, -0.2) is 52.7 Å². The van der Waals surface area contributed by atoms with E-state index in [1.165, 1.54) is 12.1 Å². The number of rotatable bonds is 6. The molecule has 0 aliphatic carbocycles. The number of nitrogens with zero attached hydrogens (tertiary/aromatic N) is 1. The highest BCUT2D eigenvalue weighted by molar-refractivity contribution is 5.85. The molecule has 0 spiro atoms. The maximum Gasteiger partial charge on any atom is 0.324 e. The zero-order valence-electron chi connectivity index (χ0n) is 13.8. The van der Waals surface area contributed by atoms with Crippen LogP contribution in [0.2, 0.25) is 0 Å². The SMILES string of the molecule is CC[C@@]1(C(=O)O)C[C@H](C(=O)NCCO)[C@H](c2ccc(F)cc2)N1C. The van der Waals surface area contributed by atoms with Gasteiger partial charge in [0.25, 0.3) is 0 Å². The summed E-state index contributed by atoms with van der Waals surface area (Å²) < 4.78 is 13.2. The second-order valence-corrected chi connectivity index (χ2v) is 6.12. The van der Waals surface area contributed by atoms with Crippen molar-refractivity contribution in [2.45, 2.75) is 31.3 Å². The molecule has 1 aliphatic rings. The number of nitrogens with one attached hydrogen (secondary N) is 1. The fourth-order valence-electron chi connectivity index (χ4n) is 3.60. The van der Waals surface area contributed by atoms with Crippen LogP contribution in [0.25, 0.3) is 0 Å². The van der Waals surface area contributed by atoms with Gasteiger partial charge in [-0.15, -0.1) is 0 Å². The van der Waals surface area contributed by atoms with Crippen molar-refractivity contribution in [3.05, 3.63) is 35.6 Å². The van der Waals surface area contributed by atoms with Crippen molar-refractivity contribution < 1.29 is 24.2 Å². The zero-order chi connectivity index (χ0) is 17.9. The number of aliphatic hydroxyl groups excluding tert-OH is 1. The van der Waals surface area contributed by atoms with Crippen molar-refractivity contribution in [1.82, 2.24) is 10.2 Å². The van der Waals surface area contributed by atoms with Crippen molar-refractivity contribution in [3.63, 3.8) is 0 Å². The van der Waals surface area contributed by atoms with Gasteiger partial charge in [-0.1, -0.05) is 19.1 Å². The molecule has 0 saturated carbocycles. The molecule has 1 amide bonds. The van der Waals surface area contributed by atoms with Gasteiger partial charge in [-0.05, 0) is 37.6 Å². The van der Waals surface area contributed by atoms with Crippen molar-refractivity contribution in [1.29, 1.82) is 0 Å². The summed E-state index contributed by atoms with van der Waals surface area (Å²) in [6, 6.07) is 5.30. The second-order valence-electron chi connectivity index (χ2n) is 6.12. The van der Waals surface area contributed by atoms with E-state index < -0.39 is 23.5 Å². The molecule has 1 aliphatic heterocycles. The molecule has 3 N–H and O–H groups in total. The molecule has 1 fully saturated rings. The smallest absolute Gasteiger partial charge is 0.324 e. The minimum Gasteiger partial charge on any atom is -0.480 e. The van der Waals surface area contributed by atoms with E-state index in [1.54, 1.807) is 31.0 Å². The van der Waals surface area contributed by atoms with Gasteiger partial charge in [-0.3, -0.25) is 14.5 Å². The minimum absolute atomic E-state index is 0.112. The van der Waals surface area contributed by atoms with E-state index in [4.69, 9.17) is 5.11 Å². The van der Waals surface area contributed by atoms with Crippen LogP contribution in [0.15, 0.2) is 24.3 Å². The number of amides is 1. The number of benzene rings is 1. The standard InChI is InChI=1S/C17H23FN2O4/c1-3-17(16(23)24)10-13(15(22)19-8-9-21)14(20(17)2)11-4-6-12(18)7-5-11/h4-7,13-14,21H,3,8-10H2,1-2H3,(H,19,22)(H,23,24)/t13-,14-,17-/m0/s1. The summed E-state index contributed by atoms with van der Waals surface area (Å²) in [5.74, 6) is -2.26. The molecule has 1 aromatic carbocycles. The number of carbonyl (C=O) groups excluding carboxylic acids is 1. The topological polar surface area (TPSA) is 89.9 Å². The number of aliphatic hydroxyl groups is 1. The molecule has 0 unspecified atom stereocenters. The van der Waals surface area contributed by atoms with Gasteiger partial charge >= 0.3 is 5.97 Å². The van der Waals surface area contributed by atoms with Crippen LogP contribution in [0, 0.1) is 11.7 Å². The third kappa shape index (κ3) is 3.14. The number of carboxylic acid groups (broad SMARTS) is 1. The molecule has 0 radical (unpaired) electrons. The minimum atomic E-state index is -1.15. The molecule has 0 aromatic heterocycles. The second kappa shape index (κ2) is 7.27. The molecule has 1 heterocycles. The highest BCUT2D eigenvalue weighted by Gasteiger charge is 2.56. The summed E-state index contributed by atoms with van der Waals surface area (Å²) in [5, 5.41) is 21.3. The highest BCUT2D eigenvalue weighted by atomic mass is 19.1. The number of hydrogen-bond donors (Lipinski definition) is 3. The third-order valence-electron chi connectivity index (χ3n) is 4.97. The predicted octanol–water partition coefficient (Wildman–Crippen LogP) is 1.16. The molecule has 6 nitrogen and oxygen atoms in total. The summed E-state index contributed by atoms with van der Waals surface area (Å²) in [4.78, 5) is 26.1. The van der Waals surface area contributed by atoms with Gasteiger partial charge in [0.15, 0.2) is 0 Å². The number of likely N-dealkylation sites (N-methyl/N-ethyl adjacent to an activating group) is 1. The predicted molar refractivity (Wildman–Crippen MR) is 85.8 cm³/mol. The lowest BCUT2D eigenvalue weighted by Crippen LogP contribution is -2.48. The molecule has 2 rings (SSSR count). The van der Waals surface area contributed by atoms with Gasteiger partial charge in [0.05, 0.1) is 12.5 Å². The molecule has 1 aromatic rings. The third-order valence-corrected chi connectivity index (χ3v) is 4.97. The van der Waals surface area contributed by atoms with Gasteiger partial charge in [0.1, 0.15) is 11.4 Å². The van der Waals surface area contributed by atoms with Gasteiger partial charge in [0, 0.05) is 12.6 Å². The summed E-state index contributed by atoms with van der Waals surface area (Å²) >= 11 is 0. The van der Waals surface area contributed by atoms with E-state index >= 15 is 0 Å². The average molecular weight is 338 g/mol. The van der Waals surface area contributed by atoms with Gasteiger partial charge in [-0.25, -0.2) is 4.39 Å². The Bertz CT molecular complexity index is 607. The Labute approximate surface area is 140 Å². The number of carbonyl (C=O) groups is 2. The summed E-state index contributed by atoms with van der Waals surface area (Å²) in [7, 11) is 1.69. The Kier molecular flexibility index (Phi) is 5.56. The van der Waals surface area contributed by atoms with E-state index in [1.807, 2.05) is 0 Å². The fourth-order valence-corrected chi connectivity index (χ4v) is 3.60. The van der Waals surface area contributed by atoms with Crippen molar-refractivity contribution in [2.75, 3.05) is 20.2 Å². The Morgan fingerprint density at radius 3 is 2.50 bits per heavy atom. The van der Waals surface area contributed by atoms with E-state index in [2.05, 4.69) is 5.32 Å². The largest absolute Gasteiger partial charge is 0.480 e. The lowest BCUT2D eigenvalue weighted by Gasteiger charge is -2.34. The zero-order valence-corrected chi connectivity index (χ0v) is 13.8. The Balaban J connectivity index is 2.43. The number of likely N-dealkylation sites (tertiary alicyclic amines) is 1. The lowest BCUT2D eigenvalue weighted by molar-refractivity contribution is -0.150. The molecule has 24 heavy (non-hydrogen) atoms. The molecule has 7 heteroatoms. The number of halogens is 1. The van der Waals surface area contributed by atoms with Crippen molar-refractivity contribution in [3.8, 4) is 0 Å². The van der Waals surface area contributed by atoms with Gasteiger partial charge in [-0.2, -0.15) is 0 Å². The maximum absolute atomic E-state index is 13.2. The Morgan fingerprint density at radius 2 is 2.00 bits per heavy atom. The van der Waals surface area contributed by atoms with E-state index in [-0.39, 0.29) is 31.3 Å². The maximum atomic E-state index is 13.2. The first-order valence-corrected chi connectivity index (χ1v) is 7.97. The first-order chi connectivity index (χ1) is 11.4. The Morgan fingerprint density at radius 1 is 1.38 bits per heavy atom. The van der Waals surface area contributed by atoms with Crippen LogP contribution in [-0.2, 0) is 9.59 Å². The van der Waals surface area contributed by atoms with Crippen LogP contribution in [0.3, 0.4) is 0 Å². The molecule has 1 saturated heterocycles. The van der Waals surface area contributed by atoms with Crippen LogP contribution < -0.4 is 5.32 Å². The first-order valence-electron chi connectivity index (χ1n) is 7.97. The van der Waals surface area contributed by atoms with E-state index in [0.29, 0.717) is 12.0 Å². The molecule has 0 bridgehead atoms. The van der Waals surface area contributed by atoms with Gasteiger partial charge < -0.3 is 15.5 Å². The van der Waals surface area contributed by atoms with Crippen LogP contribution in [0.1, 0.15) is 31.4 Å². The summed E-state index contributed by atoms with van der Waals surface area (Å²) in [6.07, 6.45) is 0.509. The Hall–Kier alpha value is -1.99. The van der Waals surface area contributed by atoms with Gasteiger partial charge in [0.2, 0.25) is 5.91 Å². The fraction of sp³-hybridized carbons (Fsp3) is 0.529. The summed E-state index contributed by atoms with van der Waals surface area (Å²) in [6.45, 7) is 1.70. The lowest BCUT2D eigenvalue weighted by atomic mass is 9.87. The van der Waals surface area contributed by atoms with Crippen LogP contribution >= 0.6 is 0 Å². The van der Waals surface area contributed by atoms with Crippen molar-refractivity contribution >= 4 is 11.9 Å². The van der Waals surface area contributed by atoms with Crippen molar-refractivity contribution in [2.24, 2.45) is 5.92 Å².